The van der Waals surface area contributed by atoms with Crippen LogP contribution in [0.4, 0.5) is 11.4 Å². The van der Waals surface area contributed by atoms with Crippen LogP contribution in [0, 0.1) is 6.92 Å². The second-order valence-electron chi connectivity index (χ2n) is 7.21. The number of hydrogen-bond acceptors (Lipinski definition) is 3. The number of rotatable bonds is 6. The van der Waals surface area contributed by atoms with Crippen molar-refractivity contribution in [3.63, 3.8) is 0 Å². The van der Waals surface area contributed by atoms with Crippen LogP contribution < -0.4 is 10.6 Å². The van der Waals surface area contributed by atoms with E-state index < -0.39 is 0 Å². The van der Waals surface area contributed by atoms with E-state index in [1.807, 2.05) is 91.9 Å². The molecule has 0 bridgehead atoms. The van der Waals surface area contributed by atoms with Gasteiger partial charge in [0.1, 0.15) is 0 Å². The number of nitrogens with one attached hydrogen (secondary N) is 2. The van der Waals surface area contributed by atoms with E-state index in [0.29, 0.717) is 11.3 Å². The Hall–Kier alpha value is -3.57. The molecule has 154 valence electrons. The molecule has 0 aliphatic heterocycles. The maximum atomic E-state index is 12.5. The van der Waals surface area contributed by atoms with Gasteiger partial charge in [-0.15, -0.1) is 11.8 Å². The van der Waals surface area contributed by atoms with Gasteiger partial charge in [0.2, 0.25) is 5.91 Å². The summed E-state index contributed by atoms with van der Waals surface area (Å²) in [6, 6.07) is 28.8. The minimum Gasteiger partial charge on any atom is -0.325 e. The molecule has 0 spiro atoms. The molecule has 0 unspecified atom stereocenters. The summed E-state index contributed by atoms with van der Waals surface area (Å²) in [6.45, 7) is 1.96. The summed E-state index contributed by atoms with van der Waals surface area (Å²) in [6.07, 6.45) is 0. The highest BCUT2D eigenvalue weighted by molar-refractivity contribution is 8.00. The monoisotopic (exact) mass is 426 g/mol. The first kappa shape index (κ1) is 20.7. The average Bonchev–Trinajstić information content (AvgIpc) is 2.78. The van der Waals surface area contributed by atoms with Crippen molar-refractivity contribution in [2.75, 3.05) is 16.4 Å². The predicted molar refractivity (Wildman–Crippen MR) is 129 cm³/mol. The zero-order valence-electron chi connectivity index (χ0n) is 17.1. The van der Waals surface area contributed by atoms with Crippen LogP contribution in [-0.4, -0.2) is 17.6 Å². The van der Waals surface area contributed by atoms with Gasteiger partial charge in [0, 0.05) is 27.2 Å². The molecule has 4 nitrogen and oxygen atoms in total. The standard InChI is InChI=1S/C26H22N2O2S/c1-18-7-4-10-20(15-18)26(30)27-21-11-6-12-22(16-21)31-17-25(29)28-24-14-5-9-19-8-2-3-13-23(19)24/h2-16H,17H2,1H3,(H,27,30)(H,28,29). The smallest absolute Gasteiger partial charge is 0.255 e. The predicted octanol–water partition coefficient (Wildman–Crippen LogP) is 6.13. The summed E-state index contributed by atoms with van der Waals surface area (Å²) < 4.78 is 0. The zero-order chi connectivity index (χ0) is 21.6. The number of aryl methyl sites for hydroxylation is 1. The normalized spacial score (nSPS) is 10.6. The second-order valence-corrected chi connectivity index (χ2v) is 8.26. The molecule has 5 heteroatoms. The average molecular weight is 427 g/mol. The van der Waals surface area contributed by atoms with E-state index in [-0.39, 0.29) is 17.6 Å². The van der Waals surface area contributed by atoms with Gasteiger partial charge in [-0.05, 0) is 48.7 Å². The van der Waals surface area contributed by atoms with Crippen LogP contribution in [0.25, 0.3) is 10.8 Å². The highest BCUT2D eigenvalue weighted by Gasteiger charge is 2.09. The molecule has 0 atom stereocenters. The van der Waals surface area contributed by atoms with Crippen LogP contribution in [0.5, 0.6) is 0 Å². The number of fused-ring (bicyclic) bond motifs is 1. The fraction of sp³-hybridized carbons (Fsp3) is 0.0769. The van der Waals surface area contributed by atoms with Crippen molar-refractivity contribution in [3.8, 4) is 0 Å². The molecule has 0 heterocycles. The van der Waals surface area contributed by atoms with Crippen LogP contribution in [0.3, 0.4) is 0 Å². The van der Waals surface area contributed by atoms with Gasteiger partial charge in [0.15, 0.2) is 0 Å². The molecule has 4 aromatic rings. The van der Waals surface area contributed by atoms with Crippen LogP contribution in [0.2, 0.25) is 0 Å². The van der Waals surface area contributed by atoms with Gasteiger partial charge >= 0.3 is 0 Å². The summed E-state index contributed by atoms with van der Waals surface area (Å²) >= 11 is 1.43. The maximum absolute atomic E-state index is 12.5. The number of carbonyl (C=O) groups is 2. The summed E-state index contributed by atoms with van der Waals surface area (Å²) in [5.41, 5.74) is 3.16. The van der Waals surface area contributed by atoms with Crippen molar-refractivity contribution in [2.24, 2.45) is 0 Å². The third-order valence-electron chi connectivity index (χ3n) is 4.81. The SMILES string of the molecule is Cc1cccc(C(=O)Nc2cccc(SCC(=O)Nc3cccc4ccccc34)c2)c1. The lowest BCUT2D eigenvalue weighted by Gasteiger charge is -2.10. The molecule has 2 N–H and O–H groups in total. The second kappa shape index (κ2) is 9.49. The number of carbonyl (C=O) groups excluding carboxylic acids is 2. The topological polar surface area (TPSA) is 58.2 Å². The summed E-state index contributed by atoms with van der Waals surface area (Å²) in [4.78, 5) is 25.9. The molecule has 0 fully saturated rings. The Labute approximate surface area is 185 Å². The molecule has 4 aromatic carbocycles. The van der Waals surface area contributed by atoms with Crippen molar-refractivity contribution >= 4 is 45.7 Å². The highest BCUT2D eigenvalue weighted by atomic mass is 32.2. The lowest BCUT2D eigenvalue weighted by molar-refractivity contribution is -0.113. The largest absolute Gasteiger partial charge is 0.325 e. The first-order valence-electron chi connectivity index (χ1n) is 9.97. The molecular weight excluding hydrogens is 404 g/mol. The summed E-state index contributed by atoms with van der Waals surface area (Å²) in [5, 5.41) is 8.03. The Balaban J connectivity index is 1.37. The molecule has 0 saturated heterocycles. The van der Waals surface area contributed by atoms with Crippen molar-refractivity contribution in [3.05, 3.63) is 102 Å². The van der Waals surface area contributed by atoms with E-state index in [1.54, 1.807) is 6.07 Å². The Morgan fingerprint density at radius 1 is 0.806 bits per heavy atom. The first-order valence-corrected chi connectivity index (χ1v) is 11.0. The Morgan fingerprint density at radius 2 is 1.58 bits per heavy atom. The van der Waals surface area contributed by atoms with E-state index in [0.717, 1.165) is 26.9 Å². The summed E-state index contributed by atoms with van der Waals surface area (Å²) in [5.74, 6) is 0.0495. The molecular formula is C26H22N2O2S. The maximum Gasteiger partial charge on any atom is 0.255 e. The lowest BCUT2D eigenvalue weighted by atomic mass is 10.1. The highest BCUT2D eigenvalue weighted by Crippen LogP contribution is 2.25. The van der Waals surface area contributed by atoms with Crippen LogP contribution >= 0.6 is 11.8 Å². The number of anilines is 2. The van der Waals surface area contributed by atoms with Crippen LogP contribution in [-0.2, 0) is 4.79 Å². The molecule has 0 aliphatic rings. The minimum atomic E-state index is -0.153. The van der Waals surface area contributed by atoms with Gasteiger partial charge in [0.05, 0.1) is 5.75 Å². The third kappa shape index (κ3) is 5.32. The third-order valence-corrected chi connectivity index (χ3v) is 5.80. The van der Waals surface area contributed by atoms with E-state index in [9.17, 15) is 9.59 Å². The van der Waals surface area contributed by atoms with Crippen molar-refractivity contribution in [2.45, 2.75) is 11.8 Å². The van der Waals surface area contributed by atoms with Crippen LogP contribution in [0.15, 0.2) is 95.9 Å². The molecule has 0 aromatic heterocycles. The number of amides is 2. The number of benzene rings is 4. The first-order chi connectivity index (χ1) is 15.1. The van der Waals surface area contributed by atoms with Gasteiger partial charge in [-0.1, -0.05) is 60.2 Å². The van der Waals surface area contributed by atoms with Gasteiger partial charge in [0.25, 0.3) is 5.91 Å². The molecule has 31 heavy (non-hydrogen) atoms. The molecule has 0 radical (unpaired) electrons. The van der Waals surface area contributed by atoms with E-state index in [2.05, 4.69) is 10.6 Å². The summed E-state index contributed by atoms with van der Waals surface area (Å²) in [7, 11) is 0. The number of thioether (sulfide) groups is 1. The fourth-order valence-corrected chi connectivity index (χ4v) is 4.08. The van der Waals surface area contributed by atoms with Crippen molar-refractivity contribution in [1.82, 2.24) is 0 Å². The Bertz CT molecular complexity index is 1250. The van der Waals surface area contributed by atoms with E-state index >= 15 is 0 Å². The van der Waals surface area contributed by atoms with E-state index in [4.69, 9.17) is 0 Å². The zero-order valence-corrected chi connectivity index (χ0v) is 17.9. The van der Waals surface area contributed by atoms with Crippen molar-refractivity contribution in [1.29, 1.82) is 0 Å². The Morgan fingerprint density at radius 3 is 2.45 bits per heavy atom. The fourth-order valence-electron chi connectivity index (χ4n) is 3.32. The van der Waals surface area contributed by atoms with Gasteiger partial charge in [-0.25, -0.2) is 0 Å². The van der Waals surface area contributed by atoms with Gasteiger partial charge in [-0.2, -0.15) is 0 Å². The molecule has 0 saturated carbocycles. The molecule has 0 aliphatic carbocycles. The van der Waals surface area contributed by atoms with E-state index in [1.165, 1.54) is 11.8 Å². The molecule has 2 amide bonds. The molecule has 4 rings (SSSR count). The quantitative estimate of drug-likeness (QED) is 0.365. The van der Waals surface area contributed by atoms with Crippen molar-refractivity contribution < 1.29 is 9.59 Å². The Kier molecular flexibility index (Phi) is 6.34. The van der Waals surface area contributed by atoms with Gasteiger partial charge in [-0.3, -0.25) is 9.59 Å². The van der Waals surface area contributed by atoms with Gasteiger partial charge < -0.3 is 10.6 Å². The number of hydrogen-bond donors (Lipinski definition) is 2. The lowest BCUT2D eigenvalue weighted by Crippen LogP contribution is -2.14. The minimum absolute atomic E-state index is 0.0736. The van der Waals surface area contributed by atoms with Crippen LogP contribution in [0.1, 0.15) is 15.9 Å².